The number of ether oxygens (including phenoxy) is 1. The van der Waals surface area contributed by atoms with Crippen molar-refractivity contribution in [3.63, 3.8) is 0 Å². The highest BCUT2D eigenvalue weighted by molar-refractivity contribution is 5.95. The van der Waals surface area contributed by atoms with Crippen molar-refractivity contribution in [1.29, 1.82) is 0 Å². The molecule has 0 aromatic heterocycles. The van der Waals surface area contributed by atoms with E-state index < -0.39 is 11.7 Å². The number of rotatable bonds is 2. The molecule has 108 valence electrons. The average molecular weight is 286 g/mol. The lowest BCUT2D eigenvalue weighted by Crippen LogP contribution is -2.32. The van der Waals surface area contributed by atoms with E-state index in [1.807, 2.05) is 24.3 Å². The molecule has 0 saturated heterocycles. The first-order valence-corrected chi connectivity index (χ1v) is 6.73. The fourth-order valence-corrected chi connectivity index (χ4v) is 2.44. The predicted octanol–water partition coefficient (Wildman–Crippen LogP) is 2.66. The molecule has 3 N–H and O–H groups in total. The first-order valence-electron chi connectivity index (χ1n) is 6.73. The Morgan fingerprint density at radius 2 is 2.10 bits per heavy atom. The highest BCUT2D eigenvalue weighted by Gasteiger charge is 2.24. The summed E-state index contributed by atoms with van der Waals surface area (Å²) >= 11 is 0. The van der Waals surface area contributed by atoms with E-state index in [4.69, 9.17) is 10.5 Å². The molecule has 4 nitrogen and oxygen atoms in total. The van der Waals surface area contributed by atoms with Crippen LogP contribution in [0.3, 0.4) is 0 Å². The van der Waals surface area contributed by atoms with Gasteiger partial charge in [-0.15, -0.1) is 0 Å². The van der Waals surface area contributed by atoms with Crippen LogP contribution in [0.2, 0.25) is 0 Å². The van der Waals surface area contributed by atoms with Crippen molar-refractivity contribution in [2.75, 3.05) is 12.3 Å². The normalized spacial score (nSPS) is 16.7. The molecule has 1 atom stereocenters. The van der Waals surface area contributed by atoms with Gasteiger partial charge in [-0.3, -0.25) is 4.79 Å². The number of hydrogen-bond acceptors (Lipinski definition) is 3. The largest absolute Gasteiger partial charge is 0.493 e. The molecule has 0 aliphatic carbocycles. The van der Waals surface area contributed by atoms with E-state index in [1.165, 1.54) is 18.2 Å². The molecule has 1 aliphatic rings. The third-order valence-corrected chi connectivity index (χ3v) is 3.50. The van der Waals surface area contributed by atoms with Gasteiger partial charge in [0.2, 0.25) is 0 Å². The van der Waals surface area contributed by atoms with Gasteiger partial charge in [0.1, 0.15) is 11.6 Å². The van der Waals surface area contributed by atoms with Crippen molar-refractivity contribution in [2.24, 2.45) is 0 Å². The van der Waals surface area contributed by atoms with Gasteiger partial charge in [-0.1, -0.05) is 18.2 Å². The number of amides is 1. The Hall–Kier alpha value is -2.56. The molecule has 3 rings (SSSR count). The van der Waals surface area contributed by atoms with E-state index in [1.54, 1.807) is 0 Å². The summed E-state index contributed by atoms with van der Waals surface area (Å²) in [6, 6.07) is 11.3. The Morgan fingerprint density at radius 1 is 1.29 bits per heavy atom. The quantitative estimate of drug-likeness (QED) is 0.834. The maximum atomic E-state index is 13.7. The Bertz CT molecular complexity index is 688. The fraction of sp³-hybridized carbons (Fsp3) is 0.188. The Morgan fingerprint density at radius 3 is 2.95 bits per heavy atom. The van der Waals surface area contributed by atoms with Crippen LogP contribution in [0.5, 0.6) is 5.75 Å². The zero-order chi connectivity index (χ0) is 14.8. The summed E-state index contributed by atoms with van der Waals surface area (Å²) in [6.45, 7) is 0.515. The monoisotopic (exact) mass is 286 g/mol. The van der Waals surface area contributed by atoms with Crippen LogP contribution in [0.1, 0.15) is 28.4 Å². The van der Waals surface area contributed by atoms with E-state index in [-0.39, 0.29) is 11.6 Å². The summed E-state index contributed by atoms with van der Waals surface area (Å²) in [5.74, 6) is -0.300. The summed E-state index contributed by atoms with van der Waals surface area (Å²) < 4.78 is 19.3. The first-order chi connectivity index (χ1) is 10.1. The van der Waals surface area contributed by atoms with Gasteiger partial charge in [-0.25, -0.2) is 4.39 Å². The van der Waals surface area contributed by atoms with Gasteiger partial charge in [0.25, 0.3) is 5.91 Å². The maximum Gasteiger partial charge on any atom is 0.254 e. The molecule has 1 unspecified atom stereocenters. The van der Waals surface area contributed by atoms with Gasteiger partial charge >= 0.3 is 0 Å². The Balaban J connectivity index is 1.84. The zero-order valence-corrected chi connectivity index (χ0v) is 11.3. The predicted molar refractivity (Wildman–Crippen MR) is 77.6 cm³/mol. The van der Waals surface area contributed by atoms with E-state index in [9.17, 15) is 9.18 Å². The number of nitrogens with two attached hydrogens (primary N) is 1. The van der Waals surface area contributed by atoms with Gasteiger partial charge < -0.3 is 15.8 Å². The number of nitrogens with one attached hydrogen (secondary N) is 1. The number of halogens is 1. The van der Waals surface area contributed by atoms with Crippen LogP contribution in [0.15, 0.2) is 42.5 Å². The van der Waals surface area contributed by atoms with Crippen molar-refractivity contribution in [3.05, 3.63) is 59.4 Å². The van der Waals surface area contributed by atoms with Crippen LogP contribution >= 0.6 is 0 Å². The second-order valence-corrected chi connectivity index (χ2v) is 4.94. The second kappa shape index (κ2) is 5.44. The van der Waals surface area contributed by atoms with Crippen LogP contribution in [0, 0.1) is 5.82 Å². The molecule has 21 heavy (non-hydrogen) atoms. The molecule has 0 bridgehead atoms. The summed E-state index contributed by atoms with van der Waals surface area (Å²) in [6.07, 6.45) is 0.646. The van der Waals surface area contributed by atoms with Crippen LogP contribution in [0.25, 0.3) is 0 Å². The number of hydrogen-bond donors (Lipinski definition) is 2. The lowest BCUT2D eigenvalue weighted by Gasteiger charge is -2.26. The number of fused-ring (bicyclic) bond motifs is 1. The molecular formula is C16H15FN2O2. The SMILES string of the molecule is Nc1ccc(F)c(C(=O)NC2CCOc3ccccc32)c1. The smallest absolute Gasteiger partial charge is 0.254 e. The molecule has 0 radical (unpaired) electrons. The molecule has 1 aliphatic heterocycles. The number of carbonyl (C=O) groups is 1. The van der Waals surface area contributed by atoms with Crippen LogP contribution in [0.4, 0.5) is 10.1 Å². The van der Waals surface area contributed by atoms with Crippen molar-refractivity contribution in [1.82, 2.24) is 5.32 Å². The summed E-state index contributed by atoms with van der Waals surface area (Å²) in [4.78, 5) is 12.2. The maximum absolute atomic E-state index is 13.7. The van der Waals surface area contributed by atoms with Crippen molar-refractivity contribution in [2.45, 2.75) is 12.5 Å². The highest BCUT2D eigenvalue weighted by atomic mass is 19.1. The molecule has 1 amide bonds. The minimum Gasteiger partial charge on any atom is -0.493 e. The Kier molecular flexibility index (Phi) is 3.48. The van der Waals surface area contributed by atoms with Crippen LogP contribution in [-0.2, 0) is 0 Å². The van der Waals surface area contributed by atoms with Gasteiger partial charge in [0, 0.05) is 17.7 Å². The van der Waals surface area contributed by atoms with Gasteiger partial charge in [-0.05, 0) is 24.3 Å². The topological polar surface area (TPSA) is 64.4 Å². The highest BCUT2D eigenvalue weighted by Crippen LogP contribution is 2.31. The van der Waals surface area contributed by atoms with Gasteiger partial charge in [0.15, 0.2) is 0 Å². The van der Waals surface area contributed by atoms with Crippen LogP contribution < -0.4 is 15.8 Å². The van der Waals surface area contributed by atoms with Gasteiger partial charge in [0.05, 0.1) is 18.2 Å². The van der Waals surface area contributed by atoms with Crippen molar-refractivity contribution >= 4 is 11.6 Å². The lowest BCUT2D eigenvalue weighted by atomic mass is 10.00. The molecule has 0 saturated carbocycles. The van der Waals surface area contributed by atoms with Crippen molar-refractivity contribution in [3.8, 4) is 5.75 Å². The second-order valence-electron chi connectivity index (χ2n) is 4.94. The molecule has 0 fully saturated rings. The summed E-state index contributed by atoms with van der Waals surface area (Å²) in [5.41, 5.74) is 6.83. The molecule has 1 heterocycles. The zero-order valence-electron chi connectivity index (χ0n) is 11.3. The summed E-state index contributed by atoms with van der Waals surface area (Å²) in [5, 5.41) is 2.84. The lowest BCUT2D eigenvalue weighted by molar-refractivity contribution is 0.0921. The number of carbonyl (C=O) groups excluding carboxylic acids is 1. The van der Waals surface area contributed by atoms with E-state index in [2.05, 4.69) is 5.32 Å². The third-order valence-electron chi connectivity index (χ3n) is 3.50. The third kappa shape index (κ3) is 2.67. The van der Waals surface area contributed by atoms with E-state index in [0.29, 0.717) is 18.7 Å². The number of nitrogen functional groups attached to an aromatic ring is 1. The van der Waals surface area contributed by atoms with E-state index >= 15 is 0 Å². The number of para-hydroxylation sites is 1. The molecule has 0 spiro atoms. The first kappa shape index (κ1) is 13.4. The standard InChI is InChI=1S/C16H15FN2O2/c17-13-6-5-10(18)9-12(13)16(20)19-14-7-8-21-15-4-2-1-3-11(14)15/h1-6,9,14H,7-8,18H2,(H,19,20). The summed E-state index contributed by atoms with van der Waals surface area (Å²) in [7, 11) is 0. The number of benzene rings is 2. The molecular weight excluding hydrogens is 271 g/mol. The number of anilines is 1. The molecule has 5 heteroatoms. The molecule has 2 aromatic rings. The minimum atomic E-state index is -0.581. The Labute approximate surface area is 121 Å². The van der Waals surface area contributed by atoms with E-state index in [0.717, 1.165) is 11.3 Å². The average Bonchev–Trinajstić information content (AvgIpc) is 2.50. The van der Waals surface area contributed by atoms with Crippen molar-refractivity contribution < 1.29 is 13.9 Å². The molecule has 2 aromatic carbocycles. The van der Waals surface area contributed by atoms with Crippen LogP contribution in [-0.4, -0.2) is 12.5 Å². The minimum absolute atomic E-state index is 0.0426. The fourth-order valence-electron chi connectivity index (χ4n) is 2.44. The van der Waals surface area contributed by atoms with Gasteiger partial charge in [-0.2, -0.15) is 0 Å².